The van der Waals surface area contributed by atoms with Crippen molar-refractivity contribution in [1.82, 2.24) is 9.59 Å². The van der Waals surface area contributed by atoms with Gasteiger partial charge in [0.2, 0.25) is 0 Å². The van der Waals surface area contributed by atoms with E-state index in [0.717, 1.165) is 35.4 Å². The highest BCUT2D eigenvalue weighted by molar-refractivity contribution is 7.05. The molecule has 1 unspecified atom stereocenters. The van der Waals surface area contributed by atoms with Crippen LogP contribution in [0.15, 0.2) is 24.3 Å². The summed E-state index contributed by atoms with van der Waals surface area (Å²) in [6.07, 6.45) is 2.26. The van der Waals surface area contributed by atoms with Crippen LogP contribution >= 0.6 is 11.5 Å². The maximum Gasteiger partial charge on any atom is 0.117 e. The van der Waals surface area contributed by atoms with Gasteiger partial charge >= 0.3 is 0 Å². The Morgan fingerprint density at radius 2 is 2.17 bits per heavy atom. The number of hydrogen-bond donors (Lipinski definition) is 1. The second-order valence-corrected chi connectivity index (χ2v) is 5.12. The molecule has 2 rings (SSSR count). The molecule has 3 nitrogen and oxygen atoms in total. The molecule has 0 aliphatic heterocycles. The Morgan fingerprint density at radius 3 is 2.89 bits per heavy atom. The zero-order valence-corrected chi connectivity index (χ0v) is 11.6. The number of rotatable bonds is 5. The van der Waals surface area contributed by atoms with Crippen molar-refractivity contribution in [3.05, 3.63) is 46.0 Å². The summed E-state index contributed by atoms with van der Waals surface area (Å²) in [4.78, 5) is 0.880. The summed E-state index contributed by atoms with van der Waals surface area (Å²) in [5.41, 5.74) is 3.09. The topological polar surface area (TPSA) is 46.0 Å². The monoisotopic (exact) mass is 262 g/mol. The van der Waals surface area contributed by atoms with Crippen LogP contribution in [0.25, 0.3) is 0 Å². The summed E-state index contributed by atoms with van der Waals surface area (Å²) in [6, 6.07) is 8.08. The number of aliphatic hydroxyl groups excluding tert-OH is 1. The van der Waals surface area contributed by atoms with Crippen LogP contribution in [0.1, 0.15) is 48.1 Å². The first-order valence-electron chi connectivity index (χ1n) is 6.34. The maximum atomic E-state index is 10.4. The van der Waals surface area contributed by atoms with Gasteiger partial charge in [-0.05, 0) is 35.5 Å². The third-order valence-electron chi connectivity index (χ3n) is 3.00. The summed E-state index contributed by atoms with van der Waals surface area (Å²) >= 11 is 1.29. The van der Waals surface area contributed by atoms with E-state index in [-0.39, 0.29) is 0 Å². The van der Waals surface area contributed by atoms with Crippen molar-refractivity contribution >= 4 is 11.5 Å². The van der Waals surface area contributed by atoms with Crippen LogP contribution in [0.4, 0.5) is 0 Å². The van der Waals surface area contributed by atoms with Gasteiger partial charge in [0, 0.05) is 0 Å². The van der Waals surface area contributed by atoms with Crippen molar-refractivity contribution in [2.24, 2.45) is 0 Å². The minimum Gasteiger partial charge on any atom is -0.383 e. The Morgan fingerprint density at radius 1 is 1.33 bits per heavy atom. The number of aromatic nitrogens is 2. The maximum absolute atomic E-state index is 10.4. The Hall–Kier alpha value is -1.26. The van der Waals surface area contributed by atoms with Gasteiger partial charge in [-0.15, -0.1) is 5.10 Å². The van der Waals surface area contributed by atoms with Crippen molar-refractivity contribution in [2.75, 3.05) is 0 Å². The Bertz CT molecular complexity index is 510. The summed E-state index contributed by atoms with van der Waals surface area (Å²) in [7, 11) is 0. The third kappa shape index (κ3) is 2.76. The standard InChI is InChI=1S/C14H18N2OS/c1-3-6-12-14(18-16-15-12)13(17)11-8-5-7-10(4-2)9-11/h5,7-9,13,17H,3-4,6H2,1-2H3. The summed E-state index contributed by atoms with van der Waals surface area (Å²) < 4.78 is 3.96. The minimum absolute atomic E-state index is 0.599. The SMILES string of the molecule is CCCc1nnsc1C(O)c1cccc(CC)c1. The molecule has 96 valence electrons. The normalized spacial score (nSPS) is 12.6. The van der Waals surface area contributed by atoms with E-state index in [2.05, 4.69) is 35.6 Å². The molecule has 2 aromatic rings. The Kier molecular flexibility index (Phi) is 4.44. The third-order valence-corrected chi connectivity index (χ3v) is 3.81. The van der Waals surface area contributed by atoms with Crippen molar-refractivity contribution in [3.63, 3.8) is 0 Å². The molecule has 0 bridgehead atoms. The molecule has 0 amide bonds. The van der Waals surface area contributed by atoms with Crippen molar-refractivity contribution < 1.29 is 5.11 Å². The fraction of sp³-hybridized carbons (Fsp3) is 0.429. The smallest absolute Gasteiger partial charge is 0.117 e. The number of aryl methyl sites for hydroxylation is 2. The van der Waals surface area contributed by atoms with Crippen LogP contribution in [0.5, 0.6) is 0 Å². The zero-order valence-electron chi connectivity index (χ0n) is 10.8. The van der Waals surface area contributed by atoms with E-state index in [0.29, 0.717) is 0 Å². The number of hydrogen-bond acceptors (Lipinski definition) is 4. The average Bonchev–Trinajstić information content (AvgIpc) is 2.86. The van der Waals surface area contributed by atoms with Crippen LogP contribution in [-0.4, -0.2) is 14.7 Å². The minimum atomic E-state index is -0.599. The van der Waals surface area contributed by atoms with Crippen LogP contribution < -0.4 is 0 Å². The number of nitrogens with zero attached hydrogens (tertiary/aromatic N) is 2. The number of benzene rings is 1. The highest BCUT2D eigenvalue weighted by atomic mass is 32.1. The van der Waals surface area contributed by atoms with Gasteiger partial charge in [0.05, 0.1) is 10.6 Å². The largest absolute Gasteiger partial charge is 0.383 e. The molecule has 0 saturated heterocycles. The fourth-order valence-corrected chi connectivity index (χ4v) is 2.68. The molecule has 1 atom stereocenters. The summed E-state index contributed by atoms with van der Waals surface area (Å²) in [6.45, 7) is 4.22. The predicted octanol–water partition coefficient (Wildman–Crippen LogP) is 3.13. The van der Waals surface area contributed by atoms with Gasteiger partial charge in [0.25, 0.3) is 0 Å². The molecule has 0 saturated carbocycles. The lowest BCUT2D eigenvalue weighted by molar-refractivity contribution is 0.222. The van der Waals surface area contributed by atoms with E-state index in [9.17, 15) is 5.11 Å². The van der Waals surface area contributed by atoms with Crippen LogP contribution in [0.3, 0.4) is 0 Å². The van der Waals surface area contributed by atoms with Crippen LogP contribution in [0, 0.1) is 0 Å². The quantitative estimate of drug-likeness (QED) is 0.900. The molecule has 1 heterocycles. The summed E-state index contributed by atoms with van der Waals surface area (Å²) in [5.74, 6) is 0. The van der Waals surface area contributed by atoms with Crippen molar-refractivity contribution in [3.8, 4) is 0 Å². The van der Waals surface area contributed by atoms with Crippen LogP contribution in [0.2, 0.25) is 0 Å². The molecule has 4 heteroatoms. The first-order chi connectivity index (χ1) is 8.76. The molecule has 18 heavy (non-hydrogen) atoms. The van der Waals surface area contributed by atoms with Gasteiger partial charge in [-0.25, -0.2) is 0 Å². The van der Waals surface area contributed by atoms with Gasteiger partial charge in [0.15, 0.2) is 0 Å². The van der Waals surface area contributed by atoms with Gasteiger partial charge in [0.1, 0.15) is 6.10 Å². The highest BCUT2D eigenvalue weighted by Gasteiger charge is 2.18. The lowest BCUT2D eigenvalue weighted by Gasteiger charge is -2.11. The number of aliphatic hydroxyl groups is 1. The zero-order chi connectivity index (χ0) is 13.0. The lowest BCUT2D eigenvalue weighted by Crippen LogP contribution is -2.02. The van der Waals surface area contributed by atoms with Gasteiger partial charge in [-0.1, -0.05) is 49.0 Å². The molecule has 1 N–H and O–H groups in total. The highest BCUT2D eigenvalue weighted by Crippen LogP contribution is 2.28. The molecule has 0 aliphatic carbocycles. The van der Waals surface area contributed by atoms with Gasteiger partial charge in [-0.3, -0.25) is 0 Å². The molecule has 1 aromatic carbocycles. The van der Waals surface area contributed by atoms with E-state index in [4.69, 9.17) is 0 Å². The molecule has 0 radical (unpaired) electrons. The first kappa shape index (κ1) is 13.2. The molecular formula is C14H18N2OS. The average molecular weight is 262 g/mol. The van der Waals surface area contributed by atoms with Crippen molar-refractivity contribution in [2.45, 2.75) is 39.2 Å². The molecule has 0 aliphatic rings. The van der Waals surface area contributed by atoms with E-state index in [1.54, 1.807) is 0 Å². The fourth-order valence-electron chi connectivity index (χ4n) is 1.97. The van der Waals surface area contributed by atoms with Crippen molar-refractivity contribution in [1.29, 1.82) is 0 Å². The Balaban J connectivity index is 2.29. The first-order valence-corrected chi connectivity index (χ1v) is 7.11. The molecular weight excluding hydrogens is 244 g/mol. The van der Waals surface area contributed by atoms with Gasteiger partial charge < -0.3 is 5.11 Å². The lowest BCUT2D eigenvalue weighted by atomic mass is 10.0. The Labute approximate surface area is 112 Å². The summed E-state index contributed by atoms with van der Waals surface area (Å²) in [5, 5.41) is 14.5. The molecule has 0 fully saturated rings. The van der Waals surface area contributed by atoms with Crippen LogP contribution in [-0.2, 0) is 12.8 Å². The molecule has 1 aromatic heterocycles. The predicted molar refractivity (Wildman–Crippen MR) is 73.8 cm³/mol. The van der Waals surface area contributed by atoms with E-state index in [1.165, 1.54) is 17.1 Å². The van der Waals surface area contributed by atoms with E-state index >= 15 is 0 Å². The van der Waals surface area contributed by atoms with Gasteiger partial charge in [-0.2, -0.15) is 0 Å². The van der Waals surface area contributed by atoms with E-state index < -0.39 is 6.10 Å². The second-order valence-electron chi connectivity index (χ2n) is 4.34. The molecule has 0 spiro atoms. The second kappa shape index (κ2) is 6.07. The van der Waals surface area contributed by atoms with E-state index in [1.807, 2.05) is 12.1 Å².